The first kappa shape index (κ1) is 50.0. The van der Waals surface area contributed by atoms with Crippen LogP contribution in [0.15, 0.2) is 11.6 Å². The number of rotatable bonds is 26. The van der Waals surface area contributed by atoms with E-state index in [1.165, 1.54) is 128 Å². The van der Waals surface area contributed by atoms with Crippen LogP contribution < -0.4 is 0 Å². The van der Waals surface area contributed by atoms with Gasteiger partial charge in [0.15, 0.2) is 6.29 Å². The number of allylic oxidation sites excluding steroid dienone is 1. The molecule has 60 heavy (non-hydrogen) atoms. The molecule has 0 amide bonds. The first-order valence-electron chi connectivity index (χ1n) is 26.0. The van der Waals surface area contributed by atoms with Crippen LogP contribution in [0.1, 0.15) is 222 Å². The first-order valence-corrected chi connectivity index (χ1v) is 26.0. The summed E-state index contributed by atoms with van der Waals surface area (Å²) in [5.41, 5.74) is 2.13. The largest absolute Gasteiger partial charge is 0.463 e. The third-order valence-corrected chi connectivity index (χ3v) is 17.7. The summed E-state index contributed by atoms with van der Waals surface area (Å²) in [5, 5.41) is 32.6. The lowest BCUT2D eigenvalue weighted by molar-refractivity contribution is -0.313. The SMILES string of the molecule is CCCCCCCCCCCCCCCCCC(=O)OC[C@H]1O[C@@H](O[C@H]2CC[C@@]3(C)C(=CC[C@H]4[C@@H]5CC[C@H]([C@H](C)CC[C@@H](CC)C(C)C)[C@@]5(C)CC[C@@H]43)C2)[C@H](O)[C@@H](O)[C@@H]1O. The number of esters is 1. The van der Waals surface area contributed by atoms with Gasteiger partial charge in [0.05, 0.1) is 6.10 Å². The third kappa shape index (κ3) is 12.8. The van der Waals surface area contributed by atoms with E-state index in [2.05, 4.69) is 54.5 Å². The Morgan fingerprint density at radius 1 is 0.767 bits per heavy atom. The van der Waals surface area contributed by atoms with E-state index in [0.717, 1.165) is 80.5 Å². The van der Waals surface area contributed by atoms with Gasteiger partial charge in [0.2, 0.25) is 0 Å². The van der Waals surface area contributed by atoms with Crippen LogP contribution in [-0.4, -0.2) is 64.7 Å². The Morgan fingerprint density at radius 2 is 1.40 bits per heavy atom. The lowest BCUT2D eigenvalue weighted by Crippen LogP contribution is -2.60. The van der Waals surface area contributed by atoms with Crippen LogP contribution in [0.2, 0.25) is 0 Å². The maximum Gasteiger partial charge on any atom is 0.305 e. The molecule has 0 radical (unpaired) electrons. The molecule has 0 aromatic heterocycles. The molecule has 5 aliphatic rings. The van der Waals surface area contributed by atoms with E-state index in [0.29, 0.717) is 17.8 Å². The van der Waals surface area contributed by atoms with Gasteiger partial charge in [0.25, 0.3) is 0 Å². The highest BCUT2D eigenvalue weighted by atomic mass is 16.7. The summed E-state index contributed by atoms with van der Waals surface area (Å²) in [6, 6.07) is 0. The number of aliphatic hydroxyl groups excluding tert-OH is 3. The van der Waals surface area contributed by atoms with Gasteiger partial charge in [-0.05, 0) is 116 Å². The Kier molecular flexibility index (Phi) is 20.3. The fourth-order valence-corrected chi connectivity index (χ4v) is 13.7. The van der Waals surface area contributed by atoms with E-state index in [1.54, 1.807) is 0 Å². The van der Waals surface area contributed by atoms with E-state index in [-0.39, 0.29) is 24.1 Å². The molecule has 7 nitrogen and oxygen atoms in total. The normalized spacial score (nSPS) is 36.3. The minimum atomic E-state index is -1.44. The smallest absolute Gasteiger partial charge is 0.305 e. The number of fused-ring (bicyclic) bond motifs is 5. The average molecular weight is 843 g/mol. The van der Waals surface area contributed by atoms with Crippen molar-refractivity contribution in [2.24, 2.45) is 52.3 Å². The van der Waals surface area contributed by atoms with Gasteiger partial charge in [0, 0.05) is 6.42 Å². The molecule has 4 aliphatic carbocycles. The second kappa shape index (κ2) is 24.3. The molecule has 14 atom stereocenters. The molecule has 3 N–H and O–H groups in total. The van der Waals surface area contributed by atoms with Crippen LogP contribution in [0.25, 0.3) is 0 Å². The predicted octanol–water partition coefficient (Wildman–Crippen LogP) is 12.7. The molecule has 1 heterocycles. The second-order valence-corrected chi connectivity index (χ2v) is 21.9. The minimum absolute atomic E-state index is 0.139. The number of hydrogen-bond donors (Lipinski definition) is 3. The van der Waals surface area contributed by atoms with Crippen molar-refractivity contribution in [2.75, 3.05) is 6.61 Å². The van der Waals surface area contributed by atoms with Crippen LogP contribution >= 0.6 is 0 Å². The molecule has 0 aromatic carbocycles. The van der Waals surface area contributed by atoms with Crippen molar-refractivity contribution < 1.29 is 34.3 Å². The van der Waals surface area contributed by atoms with E-state index < -0.39 is 30.7 Å². The van der Waals surface area contributed by atoms with E-state index >= 15 is 0 Å². The summed E-state index contributed by atoms with van der Waals surface area (Å²) in [5.74, 6) is 5.24. The van der Waals surface area contributed by atoms with Crippen molar-refractivity contribution in [1.29, 1.82) is 0 Å². The molecular weight excluding hydrogens is 749 g/mol. The molecule has 0 unspecified atom stereocenters. The van der Waals surface area contributed by atoms with Crippen molar-refractivity contribution in [1.82, 2.24) is 0 Å². The summed E-state index contributed by atoms with van der Waals surface area (Å²) < 4.78 is 18.1. The van der Waals surface area contributed by atoms with Crippen LogP contribution in [0.3, 0.4) is 0 Å². The van der Waals surface area contributed by atoms with Gasteiger partial charge in [0.1, 0.15) is 31.0 Å². The highest BCUT2D eigenvalue weighted by molar-refractivity contribution is 5.69. The van der Waals surface area contributed by atoms with E-state index in [1.807, 2.05) is 0 Å². The number of ether oxygens (including phenoxy) is 3. The first-order chi connectivity index (χ1) is 28.8. The summed E-state index contributed by atoms with van der Waals surface area (Å²) in [7, 11) is 0. The van der Waals surface area contributed by atoms with Crippen molar-refractivity contribution >= 4 is 5.97 Å². The molecule has 1 saturated heterocycles. The van der Waals surface area contributed by atoms with Gasteiger partial charge in [-0.25, -0.2) is 0 Å². The van der Waals surface area contributed by atoms with Gasteiger partial charge >= 0.3 is 5.97 Å². The monoisotopic (exact) mass is 843 g/mol. The molecule has 348 valence electrons. The number of aliphatic hydroxyl groups is 3. The van der Waals surface area contributed by atoms with Crippen LogP contribution in [0.5, 0.6) is 0 Å². The van der Waals surface area contributed by atoms with Crippen molar-refractivity contribution in [3.05, 3.63) is 11.6 Å². The summed E-state index contributed by atoms with van der Waals surface area (Å²) in [4.78, 5) is 12.6. The molecule has 7 heteroatoms. The van der Waals surface area contributed by atoms with Gasteiger partial charge in [-0.3, -0.25) is 4.79 Å². The lowest BCUT2D eigenvalue weighted by atomic mass is 9.47. The van der Waals surface area contributed by atoms with Crippen molar-refractivity contribution in [3.8, 4) is 0 Å². The van der Waals surface area contributed by atoms with Crippen LogP contribution in [0, 0.1) is 52.3 Å². The second-order valence-electron chi connectivity index (χ2n) is 21.9. The Morgan fingerprint density at radius 3 is 2.02 bits per heavy atom. The van der Waals surface area contributed by atoms with Gasteiger partial charge in [-0.15, -0.1) is 0 Å². The quantitative estimate of drug-likeness (QED) is 0.0452. The summed E-state index contributed by atoms with van der Waals surface area (Å²) >= 11 is 0. The van der Waals surface area contributed by atoms with Gasteiger partial charge in [-0.1, -0.05) is 163 Å². The summed E-state index contributed by atoms with van der Waals surface area (Å²) in [6.07, 6.45) is 29.0. The zero-order chi connectivity index (χ0) is 43.3. The van der Waals surface area contributed by atoms with Crippen molar-refractivity contribution in [2.45, 2.75) is 259 Å². The Balaban J connectivity index is 1.01. The topological polar surface area (TPSA) is 105 Å². The minimum Gasteiger partial charge on any atom is -0.463 e. The standard InChI is InChI=1S/C53H94O7/c1-8-10-11-12-13-14-15-16-17-18-19-20-21-22-23-24-47(54)58-36-46-48(55)49(56)50(57)51(60-46)59-41-31-33-52(6)40(35-41)27-28-42-44-30-29-43(53(44,7)34-32-45(42)52)38(5)25-26-39(9-2)37(3)4/h27,37-39,41-46,48-51,55-57H,8-26,28-36H2,1-7H3/t38-,39-,41+,42+,43-,44+,45+,46-,48-,49+,50-,51-,52+,53-/m1/s1. The van der Waals surface area contributed by atoms with Gasteiger partial charge in [-0.2, -0.15) is 0 Å². The highest BCUT2D eigenvalue weighted by Crippen LogP contribution is 2.67. The van der Waals surface area contributed by atoms with E-state index in [9.17, 15) is 20.1 Å². The molecule has 0 aromatic rings. The summed E-state index contributed by atoms with van der Waals surface area (Å²) in [6.45, 7) is 17.0. The van der Waals surface area contributed by atoms with Crippen LogP contribution in [-0.2, 0) is 19.0 Å². The fourth-order valence-electron chi connectivity index (χ4n) is 13.7. The van der Waals surface area contributed by atoms with Gasteiger partial charge < -0.3 is 29.5 Å². The molecule has 5 rings (SSSR count). The lowest BCUT2D eigenvalue weighted by Gasteiger charge is -2.58. The average Bonchev–Trinajstić information content (AvgIpc) is 3.59. The zero-order valence-electron chi connectivity index (χ0n) is 39.9. The molecule has 0 spiro atoms. The molecule has 3 saturated carbocycles. The number of carbonyl (C=O) groups is 1. The zero-order valence-corrected chi connectivity index (χ0v) is 39.9. The maximum absolute atomic E-state index is 12.6. The third-order valence-electron chi connectivity index (χ3n) is 17.7. The maximum atomic E-state index is 12.6. The predicted molar refractivity (Wildman–Crippen MR) is 244 cm³/mol. The van der Waals surface area contributed by atoms with Crippen molar-refractivity contribution in [3.63, 3.8) is 0 Å². The Bertz CT molecular complexity index is 1280. The number of carbonyl (C=O) groups excluding carboxylic acids is 1. The fraction of sp³-hybridized carbons (Fsp3) is 0.943. The molecular formula is C53H94O7. The molecule has 4 fully saturated rings. The van der Waals surface area contributed by atoms with Crippen LogP contribution in [0.4, 0.5) is 0 Å². The molecule has 0 bridgehead atoms. The number of hydrogen-bond acceptors (Lipinski definition) is 7. The highest BCUT2D eigenvalue weighted by Gasteiger charge is 2.59. The molecule has 1 aliphatic heterocycles. The Hall–Kier alpha value is -0.990. The Labute approximate surface area is 368 Å². The van der Waals surface area contributed by atoms with E-state index in [4.69, 9.17) is 14.2 Å². The number of unbranched alkanes of at least 4 members (excludes halogenated alkanes) is 14.